The fourth-order valence-corrected chi connectivity index (χ4v) is 3.31. The van der Waals surface area contributed by atoms with Gasteiger partial charge in [-0.2, -0.15) is 0 Å². The van der Waals surface area contributed by atoms with Crippen molar-refractivity contribution in [2.45, 2.75) is 38.4 Å². The normalized spacial score (nSPS) is 17.0. The summed E-state index contributed by atoms with van der Waals surface area (Å²) in [6.45, 7) is 5.99. The number of nitrogens with zero attached hydrogens (tertiary/aromatic N) is 1. The zero-order chi connectivity index (χ0) is 19.5. The molecule has 0 radical (unpaired) electrons. The number of halogens is 2. The Balaban J connectivity index is 1.73. The Bertz CT molecular complexity index is 575. The first-order valence-corrected chi connectivity index (χ1v) is 10.2. The highest BCUT2D eigenvalue weighted by Gasteiger charge is 2.13. The van der Waals surface area contributed by atoms with Gasteiger partial charge in [0.1, 0.15) is 0 Å². The van der Waals surface area contributed by atoms with Crippen LogP contribution in [0.4, 0.5) is 0 Å². The third-order valence-electron chi connectivity index (χ3n) is 4.17. The smallest absolute Gasteiger partial charge is 0.191 e. The standard InChI is InChI=1S/C19H29Cl2N3O3/c1-2-22-19(23-6-3-7-27-17-4-8-26-9-5-17)24-13-18(25)14-10-15(20)12-16(21)11-14/h10-12,17-18,25H,2-9,13H2,1H3,(H2,22,23,24). The van der Waals surface area contributed by atoms with Crippen molar-refractivity contribution in [1.82, 2.24) is 10.6 Å². The minimum absolute atomic E-state index is 0.213. The molecule has 1 saturated heterocycles. The first-order valence-electron chi connectivity index (χ1n) is 9.44. The average molecular weight is 418 g/mol. The molecule has 0 saturated carbocycles. The molecular formula is C19H29Cl2N3O3. The zero-order valence-electron chi connectivity index (χ0n) is 15.7. The molecule has 0 bridgehead atoms. The van der Waals surface area contributed by atoms with E-state index in [0.29, 0.717) is 34.3 Å². The van der Waals surface area contributed by atoms with Gasteiger partial charge in [-0.3, -0.25) is 4.99 Å². The van der Waals surface area contributed by atoms with Crippen LogP contribution < -0.4 is 10.6 Å². The SMILES string of the molecule is CCNC(=NCC(O)c1cc(Cl)cc(Cl)c1)NCCCOC1CCOCC1. The average Bonchev–Trinajstić information content (AvgIpc) is 2.65. The van der Waals surface area contributed by atoms with Gasteiger partial charge < -0.3 is 25.2 Å². The highest BCUT2D eigenvalue weighted by atomic mass is 35.5. The Hall–Kier alpha value is -1.05. The molecule has 27 heavy (non-hydrogen) atoms. The van der Waals surface area contributed by atoms with E-state index in [2.05, 4.69) is 15.6 Å². The van der Waals surface area contributed by atoms with Crippen LogP contribution in [0.25, 0.3) is 0 Å². The van der Waals surface area contributed by atoms with Crippen LogP contribution in [0.5, 0.6) is 0 Å². The molecule has 1 atom stereocenters. The lowest BCUT2D eigenvalue weighted by atomic mass is 10.1. The number of hydrogen-bond donors (Lipinski definition) is 3. The lowest BCUT2D eigenvalue weighted by Gasteiger charge is -2.22. The van der Waals surface area contributed by atoms with E-state index in [0.717, 1.165) is 45.6 Å². The number of aliphatic hydroxyl groups is 1. The van der Waals surface area contributed by atoms with Gasteiger partial charge in [-0.15, -0.1) is 0 Å². The predicted molar refractivity (Wildman–Crippen MR) is 110 cm³/mol. The van der Waals surface area contributed by atoms with E-state index in [-0.39, 0.29) is 6.54 Å². The van der Waals surface area contributed by atoms with Gasteiger partial charge in [0.15, 0.2) is 5.96 Å². The van der Waals surface area contributed by atoms with Crippen LogP contribution in [0.2, 0.25) is 10.0 Å². The van der Waals surface area contributed by atoms with E-state index in [9.17, 15) is 5.11 Å². The Morgan fingerprint density at radius 1 is 1.26 bits per heavy atom. The van der Waals surface area contributed by atoms with Crippen LogP contribution in [0, 0.1) is 0 Å². The molecule has 0 aromatic heterocycles. The van der Waals surface area contributed by atoms with Crippen molar-refractivity contribution in [3.8, 4) is 0 Å². The second-order valence-electron chi connectivity index (χ2n) is 6.40. The second kappa shape index (κ2) is 12.4. The van der Waals surface area contributed by atoms with Gasteiger partial charge in [-0.1, -0.05) is 23.2 Å². The lowest BCUT2D eigenvalue weighted by Crippen LogP contribution is -2.38. The summed E-state index contributed by atoms with van der Waals surface area (Å²) in [5, 5.41) is 17.8. The van der Waals surface area contributed by atoms with E-state index in [1.165, 1.54) is 0 Å². The number of aliphatic imine (C=N–C) groups is 1. The molecule has 2 rings (SSSR count). The van der Waals surface area contributed by atoms with Crippen molar-refractivity contribution in [2.75, 3.05) is 39.5 Å². The van der Waals surface area contributed by atoms with E-state index in [1.807, 2.05) is 6.92 Å². The number of rotatable bonds is 9. The second-order valence-corrected chi connectivity index (χ2v) is 7.27. The molecule has 3 N–H and O–H groups in total. The van der Waals surface area contributed by atoms with E-state index < -0.39 is 6.10 Å². The third-order valence-corrected chi connectivity index (χ3v) is 4.61. The highest BCUT2D eigenvalue weighted by Crippen LogP contribution is 2.23. The molecule has 0 aliphatic carbocycles. The molecule has 1 aromatic rings. The summed E-state index contributed by atoms with van der Waals surface area (Å²) in [4.78, 5) is 4.44. The summed E-state index contributed by atoms with van der Waals surface area (Å²) in [5.41, 5.74) is 0.650. The lowest BCUT2D eigenvalue weighted by molar-refractivity contribution is -0.0320. The first-order chi connectivity index (χ1) is 13.1. The topological polar surface area (TPSA) is 75.1 Å². The van der Waals surface area contributed by atoms with Crippen molar-refractivity contribution in [1.29, 1.82) is 0 Å². The summed E-state index contributed by atoms with van der Waals surface area (Å²) >= 11 is 12.0. The van der Waals surface area contributed by atoms with Crippen molar-refractivity contribution in [3.05, 3.63) is 33.8 Å². The highest BCUT2D eigenvalue weighted by molar-refractivity contribution is 6.34. The first kappa shape index (κ1) is 22.2. The molecule has 1 unspecified atom stereocenters. The van der Waals surface area contributed by atoms with Gasteiger partial charge in [-0.05, 0) is 49.9 Å². The molecule has 6 nitrogen and oxygen atoms in total. The molecule has 1 aromatic carbocycles. The summed E-state index contributed by atoms with van der Waals surface area (Å²) < 4.78 is 11.2. The summed E-state index contributed by atoms with van der Waals surface area (Å²) in [5.74, 6) is 0.663. The quantitative estimate of drug-likeness (QED) is 0.326. The fourth-order valence-electron chi connectivity index (χ4n) is 2.76. The molecule has 1 fully saturated rings. The number of aliphatic hydroxyl groups excluding tert-OH is 1. The molecule has 8 heteroatoms. The maximum atomic E-state index is 10.3. The summed E-state index contributed by atoms with van der Waals surface area (Å²) in [6.07, 6.45) is 2.38. The number of hydrogen-bond acceptors (Lipinski definition) is 4. The van der Waals surface area contributed by atoms with Gasteiger partial charge in [-0.25, -0.2) is 0 Å². The van der Waals surface area contributed by atoms with Crippen LogP contribution in [0.1, 0.15) is 37.9 Å². The Morgan fingerprint density at radius 3 is 2.63 bits per heavy atom. The monoisotopic (exact) mass is 417 g/mol. The van der Waals surface area contributed by atoms with Crippen molar-refractivity contribution >= 4 is 29.2 Å². The third kappa shape index (κ3) is 8.66. The van der Waals surface area contributed by atoms with Crippen LogP contribution in [0.15, 0.2) is 23.2 Å². The number of guanidine groups is 1. The van der Waals surface area contributed by atoms with Crippen LogP contribution >= 0.6 is 23.2 Å². The number of ether oxygens (including phenoxy) is 2. The van der Waals surface area contributed by atoms with Crippen molar-refractivity contribution in [2.24, 2.45) is 4.99 Å². The summed E-state index contributed by atoms with van der Waals surface area (Å²) in [7, 11) is 0. The number of benzene rings is 1. The number of nitrogens with one attached hydrogen (secondary N) is 2. The van der Waals surface area contributed by atoms with Gasteiger partial charge in [0.25, 0.3) is 0 Å². The largest absolute Gasteiger partial charge is 0.386 e. The molecule has 1 aliphatic rings. The Kier molecular flexibility index (Phi) is 10.2. The fraction of sp³-hybridized carbons (Fsp3) is 0.632. The van der Waals surface area contributed by atoms with Crippen LogP contribution in [-0.2, 0) is 9.47 Å². The van der Waals surface area contributed by atoms with Gasteiger partial charge in [0.2, 0.25) is 0 Å². The maximum absolute atomic E-state index is 10.3. The Morgan fingerprint density at radius 2 is 1.96 bits per heavy atom. The van der Waals surface area contributed by atoms with Gasteiger partial charge >= 0.3 is 0 Å². The Labute approximate surface area is 171 Å². The van der Waals surface area contributed by atoms with Gasteiger partial charge in [0, 0.05) is 43.0 Å². The van der Waals surface area contributed by atoms with Crippen LogP contribution in [0.3, 0.4) is 0 Å². The molecule has 0 spiro atoms. The van der Waals surface area contributed by atoms with Crippen LogP contribution in [-0.4, -0.2) is 56.6 Å². The van der Waals surface area contributed by atoms with Crippen molar-refractivity contribution < 1.29 is 14.6 Å². The van der Waals surface area contributed by atoms with E-state index >= 15 is 0 Å². The van der Waals surface area contributed by atoms with Gasteiger partial charge in [0.05, 0.1) is 18.8 Å². The van der Waals surface area contributed by atoms with Crippen molar-refractivity contribution in [3.63, 3.8) is 0 Å². The molecular weight excluding hydrogens is 389 g/mol. The molecule has 0 amide bonds. The predicted octanol–water partition coefficient (Wildman–Crippen LogP) is 3.17. The molecule has 1 aliphatic heterocycles. The zero-order valence-corrected chi connectivity index (χ0v) is 17.2. The van der Waals surface area contributed by atoms with E-state index in [1.54, 1.807) is 18.2 Å². The maximum Gasteiger partial charge on any atom is 0.191 e. The molecule has 1 heterocycles. The minimum atomic E-state index is -0.770. The molecule has 152 valence electrons. The summed E-state index contributed by atoms with van der Waals surface area (Å²) in [6, 6.07) is 5.03. The minimum Gasteiger partial charge on any atom is -0.386 e. The van der Waals surface area contributed by atoms with E-state index in [4.69, 9.17) is 32.7 Å².